The number of piperidine rings is 1. The zero-order valence-electron chi connectivity index (χ0n) is 14.5. The molecule has 0 saturated carbocycles. The van der Waals surface area contributed by atoms with Gasteiger partial charge >= 0.3 is 5.97 Å². The zero-order chi connectivity index (χ0) is 19.7. The Bertz CT molecular complexity index is 918. The van der Waals surface area contributed by atoms with Gasteiger partial charge in [0, 0.05) is 24.2 Å². The van der Waals surface area contributed by atoms with Crippen LogP contribution in [-0.2, 0) is 0 Å². The molecule has 0 bridgehead atoms. The second-order valence-corrected chi connectivity index (χ2v) is 6.77. The van der Waals surface area contributed by atoms with Gasteiger partial charge < -0.3 is 10.0 Å². The highest BCUT2D eigenvalue weighted by Crippen LogP contribution is 2.28. The van der Waals surface area contributed by atoms with Gasteiger partial charge in [-0.1, -0.05) is 11.6 Å². The number of carboxylic acids is 1. The number of halogens is 1. The minimum atomic E-state index is -1.03. The van der Waals surface area contributed by atoms with E-state index in [0.29, 0.717) is 31.6 Å². The molecule has 27 heavy (non-hydrogen) atoms. The number of amides is 1. The number of nitro groups is 1. The van der Waals surface area contributed by atoms with E-state index in [2.05, 4.69) is 5.10 Å². The van der Waals surface area contributed by atoms with Crippen molar-refractivity contribution in [1.82, 2.24) is 14.7 Å². The lowest BCUT2D eigenvalue weighted by atomic mass is 10.0. The smallest absolute Gasteiger partial charge is 0.339 e. The second-order valence-electron chi connectivity index (χ2n) is 6.34. The third-order valence-corrected chi connectivity index (χ3v) is 4.99. The summed E-state index contributed by atoms with van der Waals surface area (Å²) in [5, 5.41) is 24.7. The molecule has 1 fully saturated rings. The van der Waals surface area contributed by atoms with Crippen LogP contribution >= 0.6 is 11.6 Å². The minimum absolute atomic E-state index is 0.00582. The molecule has 0 unspecified atom stereocenters. The molecule has 0 atom stereocenters. The number of carbonyl (C=O) groups excluding carboxylic acids is 1. The van der Waals surface area contributed by atoms with E-state index in [4.69, 9.17) is 16.7 Å². The van der Waals surface area contributed by atoms with Gasteiger partial charge in [0.25, 0.3) is 11.6 Å². The van der Waals surface area contributed by atoms with Gasteiger partial charge in [0.05, 0.1) is 22.9 Å². The fourth-order valence-electron chi connectivity index (χ4n) is 3.32. The van der Waals surface area contributed by atoms with E-state index in [-0.39, 0.29) is 27.9 Å². The summed E-state index contributed by atoms with van der Waals surface area (Å²) in [6.45, 7) is 2.49. The lowest BCUT2D eigenvalue weighted by molar-refractivity contribution is -0.385. The Morgan fingerprint density at radius 1 is 1.30 bits per heavy atom. The Labute approximate surface area is 159 Å². The van der Waals surface area contributed by atoms with Gasteiger partial charge in [-0.05, 0) is 31.9 Å². The third kappa shape index (κ3) is 3.63. The van der Waals surface area contributed by atoms with E-state index in [0.717, 1.165) is 0 Å². The molecule has 1 saturated heterocycles. The summed E-state index contributed by atoms with van der Waals surface area (Å²) >= 11 is 5.80. The zero-order valence-corrected chi connectivity index (χ0v) is 15.2. The molecule has 2 heterocycles. The molecule has 0 radical (unpaired) electrons. The first-order chi connectivity index (χ1) is 12.8. The Hall–Kier alpha value is -2.94. The number of hydrogen-bond acceptors (Lipinski definition) is 5. The number of carboxylic acid groups (broad SMARTS) is 1. The van der Waals surface area contributed by atoms with Crippen LogP contribution < -0.4 is 0 Å². The van der Waals surface area contributed by atoms with Gasteiger partial charge in [0.15, 0.2) is 0 Å². The normalized spacial score (nSPS) is 15.0. The summed E-state index contributed by atoms with van der Waals surface area (Å²) in [4.78, 5) is 36.0. The number of nitrogens with zero attached hydrogens (tertiary/aromatic N) is 4. The molecule has 142 valence electrons. The van der Waals surface area contributed by atoms with Gasteiger partial charge in [0.2, 0.25) is 0 Å². The van der Waals surface area contributed by atoms with Crippen molar-refractivity contribution < 1.29 is 19.6 Å². The van der Waals surface area contributed by atoms with Crippen LogP contribution in [0.1, 0.15) is 45.3 Å². The highest BCUT2D eigenvalue weighted by Gasteiger charge is 2.30. The van der Waals surface area contributed by atoms with Gasteiger partial charge in [-0.3, -0.25) is 19.6 Å². The maximum atomic E-state index is 12.7. The summed E-state index contributed by atoms with van der Waals surface area (Å²) in [6.07, 6.45) is 2.48. The Kier molecular flexibility index (Phi) is 5.13. The molecular formula is C17H17ClN4O5. The fraction of sp³-hybridized carbons (Fsp3) is 0.353. The molecule has 1 aliphatic rings. The fourth-order valence-corrected chi connectivity index (χ4v) is 3.49. The monoisotopic (exact) mass is 392 g/mol. The van der Waals surface area contributed by atoms with Crippen LogP contribution in [0.15, 0.2) is 24.4 Å². The molecule has 1 amide bonds. The molecule has 10 heteroatoms. The first-order valence-electron chi connectivity index (χ1n) is 8.30. The van der Waals surface area contributed by atoms with E-state index in [1.165, 1.54) is 24.4 Å². The molecule has 1 aromatic carbocycles. The van der Waals surface area contributed by atoms with Crippen molar-refractivity contribution in [3.8, 4) is 0 Å². The standard InChI is InChI=1S/C17H17ClN4O5/c1-10-14(17(24)25)9-19-21(10)12-4-6-20(7-5-12)16(23)13-3-2-11(18)8-15(13)22(26)27/h2-3,8-9,12H,4-7H2,1H3,(H,24,25). The third-order valence-electron chi connectivity index (χ3n) is 4.76. The number of benzene rings is 1. The molecule has 1 N–H and O–H groups in total. The van der Waals surface area contributed by atoms with Crippen molar-refractivity contribution in [2.45, 2.75) is 25.8 Å². The Balaban J connectivity index is 1.74. The predicted octanol–water partition coefficient (Wildman–Crippen LogP) is 2.93. The van der Waals surface area contributed by atoms with Crippen LogP contribution in [0.3, 0.4) is 0 Å². The second kappa shape index (κ2) is 7.36. The molecule has 0 aliphatic carbocycles. The molecule has 1 aromatic heterocycles. The Morgan fingerprint density at radius 3 is 2.52 bits per heavy atom. The average molecular weight is 393 g/mol. The van der Waals surface area contributed by atoms with Gasteiger partial charge in [-0.15, -0.1) is 0 Å². The average Bonchev–Trinajstić information content (AvgIpc) is 3.03. The van der Waals surface area contributed by atoms with Crippen LogP contribution in [0.5, 0.6) is 0 Å². The molecule has 0 spiro atoms. The van der Waals surface area contributed by atoms with Crippen molar-refractivity contribution in [3.63, 3.8) is 0 Å². The summed E-state index contributed by atoms with van der Waals surface area (Å²) in [5.41, 5.74) is 0.417. The van der Waals surface area contributed by atoms with Crippen molar-refractivity contribution >= 4 is 29.2 Å². The van der Waals surface area contributed by atoms with E-state index < -0.39 is 16.8 Å². The van der Waals surface area contributed by atoms with Gasteiger partial charge in [-0.25, -0.2) is 4.79 Å². The van der Waals surface area contributed by atoms with Crippen LogP contribution in [0.2, 0.25) is 5.02 Å². The van der Waals surface area contributed by atoms with Crippen molar-refractivity contribution in [2.75, 3.05) is 13.1 Å². The number of aromatic carboxylic acids is 1. The molecule has 1 aliphatic heterocycles. The van der Waals surface area contributed by atoms with Crippen LogP contribution in [0, 0.1) is 17.0 Å². The quantitative estimate of drug-likeness (QED) is 0.631. The predicted molar refractivity (Wildman–Crippen MR) is 96.2 cm³/mol. The van der Waals surface area contributed by atoms with Crippen LogP contribution in [0.4, 0.5) is 5.69 Å². The van der Waals surface area contributed by atoms with Crippen LogP contribution in [0.25, 0.3) is 0 Å². The van der Waals surface area contributed by atoms with E-state index in [1.54, 1.807) is 16.5 Å². The van der Waals surface area contributed by atoms with E-state index >= 15 is 0 Å². The molecule has 9 nitrogen and oxygen atoms in total. The number of hydrogen-bond donors (Lipinski definition) is 1. The summed E-state index contributed by atoms with van der Waals surface area (Å²) in [5.74, 6) is -1.44. The minimum Gasteiger partial charge on any atom is -0.478 e. The van der Waals surface area contributed by atoms with Crippen molar-refractivity contribution in [1.29, 1.82) is 0 Å². The van der Waals surface area contributed by atoms with E-state index in [1.807, 2.05) is 0 Å². The molecule has 3 rings (SSSR count). The summed E-state index contributed by atoms with van der Waals surface area (Å²) < 4.78 is 1.68. The number of nitro benzene ring substituents is 1. The van der Waals surface area contributed by atoms with Gasteiger partial charge in [-0.2, -0.15) is 5.10 Å². The number of carbonyl (C=O) groups is 2. The SMILES string of the molecule is Cc1c(C(=O)O)cnn1C1CCN(C(=O)c2ccc(Cl)cc2[N+](=O)[O-])CC1. The Morgan fingerprint density at radius 2 is 1.96 bits per heavy atom. The maximum Gasteiger partial charge on any atom is 0.339 e. The lowest BCUT2D eigenvalue weighted by Gasteiger charge is -2.32. The summed E-state index contributed by atoms with van der Waals surface area (Å²) in [6, 6.07) is 3.96. The van der Waals surface area contributed by atoms with Gasteiger partial charge in [0.1, 0.15) is 11.1 Å². The number of likely N-dealkylation sites (tertiary alicyclic amines) is 1. The number of aromatic nitrogens is 2. The highest BCUT2D eigenvalue weighted by atomic mass is 35.5. The summed E-state index contributed by atoms with van der Waals surface area (Å²) in [7, 11) is 0. The molecule has 2 aromatic rings. The largest absolute Gasteiger partial charge is 0.478 e. The topological polar surface area (TPSA) is 119 Å². The highest BCUT2D eigenvalue weighted by molar-refractivity contribution is 6.31. The maximum absolute atomic E-state index is 12.7. The number of rotatable bonds is 4. The van der Waals surface area contributed by atoms with E-state index in [9.17, 15) is 19.7 Å². The first-order valence-corrected chi connectivity index (χ1v) is 8.68. The lowest BCUT2D eigenvalue weighted by Crippen LogP contribution is -2.39. The van der Waals surface area contributed by atoms with Crippen LogP contribution in [-0.4, -0.2) is 49.7 Å². The first kappa shape index (κ1) is 18.8. The van der Waals surface area contributed by atoms with Crippen molar-refractivity contribution in [2.24, 2.45) is 0 Å². The molecular weight excluding hydrogens is 376 g/mol. The van der Waals surface area contributed by atoms with Crippen molar-refractivity contribution in [3.05, 3.63) is 56.4 Å².